The molecule has 5 heteroatoms. The van der Waals surface area contributed by atoms with E-state index in [-0.39, 0.29) is 17.5 Å². The number of carbonyl (C=O) groups is 3. The zero-order valence-electron chi connectivity index (χ0n) is 11.6. The van der Waals surface area contributed by atoms with Crippen molar-refractivity contribution >= 4 is 17.7 Å². The Morgan fingerprint density at radius 2 is 2.00 bits per heavy atom. The first-order chi connectivity index (χ1) is 9.30. The number of rotatable bonds is 2. The molecule has 4 unspecified atom stereocenters. The number of ether oxygens (including phenoxy) is 1. The minimum atomic E-state index is -0.936. The van der Waals surface area contributed by atoms with Crippen LogP contribution in [0.1, 0.15) is 27.2 Å². The largest absolute Gasteiger partial charge is 0.511 e. The zero-order chi connectivity index (χ0) is 14.8. The first-order valence-electron chi connectivity index (χ1n) is 6.65. The Labute approximate surface area is 116 Å². The third-order valence-corrected chi connectivity index (χ3v) is 5.21. The highest BCUT2D eigenvalue weighted by molar-refractivity contribution is 5.99. The van der Waals surface area contributed by atoms with E-state index >= 15 is 0 Å². The van der Waals surface area contributed by atoms with E-state index in [1.807, 2.05) is 13.8 Å². The molecule has 3 rings (SSSR count). The van der Waals surface area contributed by atoms with Crippen LogP contribution in [0, 0.1) is 23.2 Å². The molecule has 3 aliphatic rings. The number of carbonyl (C=O) groups excluding carboxylic acids is 3. The summed E-state index contributed by atoms with van der Waals surface area (Å²) in [6.45, 7) is 5.11. The van der Waals surface area contributed by atoms with Gasteiger partial charge in [-0.2, -0.15) is 0 Å². The normalized spacial score (nSPS) is 39.4. The molecule has 0 radical (unpaired) electrons. The van der Waals surface area contributed by atoms with Gasteiger partial charge < -0.3 is 9.84 Å². The summed E-state index contributed by atoms with van der Waals surface area (Å²) in [6.07, 6.45) is 1.65. The van der Waals surface area contributed by atoms with Crippen molar-refractivity contribution in [1.29, 1.82) is 0 Å². The lowest BCUT2D eigenvalue weighted by Gasteiger charge is -2.33. The summed E-state index contributed by atoms with van der Waals surface area (Å²) < 4.78 is 4.76. The van der Waals surface area contributed by atoms with Crippen molar-refractivity contribution in [1.82, 2.24) is 0 Å². The molecule has 0 spiro atoms. The molecule has 2 fully saturated rings. The van der Waals surface area contributed by atoms with Crippen LogP contribution in [0.3, 0.4) is 0 Å². The SMILES string of the molecule is CC(=O)/C=C(\O)C12CC(C(C)=C1C)C1C(=O)OC(=O)C12. The van der Waals surface area contributed by atoms with Gasteiger partial charge in [-0.3, -0.25) is 14.4 Å². The van der Waals surface area contributed by atoms with Gasteiger partial charge in [0.1, 0.15) is 5.76 Å². The third kappa shape index (κ3) is 1.30. The van der Waals surface area contributed by atoms with Gasteiger partial charge in [-0.1, -0.05) is 11.1 Å². The highest BCUT2D eigenvalue weighted by Crippen LogP contribution is 2.67. The predicted octanol–water partition coefficient (Wildman–Crippen LogP) is 1.69. The second-order valence-corrected chi connectivity index (χ2v) is 5.97. The lowest BCUT2D eigenvalue weighted by molar-refractivity contribution is -0.155. The van der Waals surface area contributed by atoms with Crippen LogP contribution in [0.4, 0.5) is 0 Å². The fourth-order valence-electron chi connectivity index (χ4n) is 4.23. The van der Waals surface area contributed by atoms with Crippen LogP contribution in [-0.2, 0) is 19.1 Å². The molecule has 0 aromatic heterocycles. The van der Waals surface area contributed by atoms with Crippen molar-refractivity contribution in [2.45, 2.75) is 27.2 Å². The van der Waals surface area contributed by atoms with E-state index in [4.69, 9.17) is 4.74 Å². The Bertz CT molecular complexity index is 612. The summed E-state index contributed by atoms with van der Waals surface area (Å²) in [6, 6.07) is 0. The number of allylic oxidation sites excluding steroid dienone is 3. The molecule has 0 aromatic carbocycles. The molecule has 2 bridgehead atoms. The lowest BCUT2D eigenvalue weighted by Crippen LogP contribution is -2.36. The van der Waals surface area contributed by atoms with Gasteiger partial charge >= 0.3 is 11.9 Å². The highest BCUT2D eigenvalue weighted by atomic mass is 16.6. The number of hydrogen-bond donors (Lipinski definition) is 1. The summed E-state index contributed by atoms with van der Waals surface area (Å²) in [4.78, 5) is 35.1. The molecule has 1 aliphatic heterocycles. The van der Waals surface area contributed by atoms with Crippen LogP contribution >= 0.6 is 0 Å². The van der Waals surface area contributed by atoms with Gasteiger partial charge in [0, 0.05) is 6.08 Å². The van der Waals surface area contributed by atoms with E-state index in [1.54, 1.807) is 0 Å². The van der Waals surface area contributed by atoms with E-state index in [0.717, 1.165) is 17.2 Å². The maximum absolute atomic E-state index is 12.0. The molecular formula is C15H16O5. The Hall–Kier alpha value is -1.91. The predicted molar refractivity (Wildman–Crippen MR) is 68.4 cm³/mol. The van der Waals surface area contributed by atoms with Gasteiger partial charge in [0.05, 0.1) is 17.3 Å². The van der Waals surface area contributed by atoms with Gasteiger partial charge in [-0.05, 0) is 33.1 Å². The lowest BCUT2D eigenvalue weighted by atomic mass is 9.67. The zero-order valence-corrected chi connectivity index (χ0v) is 11.6. The molecule has 5 nitrogen and oxygen atoms in total. The number of aliphatic hydroxyl groups excluding tert-OH is 1. The van der Waals surface area contributed by atoms with Gasteiger partial charge in [0.25, 0.3) is 0 Å². The first kappa shape index (κ1) is 13.1. The number of ketones is 1. The van der Waals surface area contributed by atoms with Crippen LogP contribution in [0.5, 0.6) is 0 Å². The van der Waals surface area contributed by atoms with E-state index < -0.39 is 29.2 Å². The Morgan fingerprint density at radius 1 is 1.35 bits per heavy atom. The minimum absolute atomic E-state index is 0.0820. The van der Waals surface area contributed by atoms with Crippen molar-refractivity contribution in [3.8, 4) is 0 Å². The number of fused-ring (bicyclic) bond motifs is 5. The van der Waals surface area contributed by atoms with Crippen LogP contribution in [0.2, 0.25) is 0 Å². The summed E-state index contributed by atoms with van der Waals surface area (Å²) in [5.74, 6) is -2.79. The molecule has 1 saturated heterocycles. The number of hydrogen-bond acceptors (Lipinski definition) is 5. The van der Waals surface area contributed by atoms with Crippen molar-refractivity contribution in [2.24, 2.45) is 23.2 Å². The fraction of sp³-hybridized carbons (Fsp3) is 0.533. The first-order valence-corrected chi connectivity index (χ1v) is 6.65. The number of aliphatic hydroxyl groups is 1. The van der Waals surface area contributed by atoms with Crippen LogP contribution in [-0.4, -0.2) is 22.8 Å². The second-order valence-electron chi connectivity index (χ2n) is 5.97. The minimum Gasteiger partial charge on any atom is -0.511 e. The average molecular weight is 276 g/mol. The Kier molecular flexibility index (Phi) is 2.49. The molecule has 1 saturated carbocycles. The van der Waals surface area contributed by atoms with Gasteiger partial charge in [-0.15, -0.1) is 0 Å². The van der Waals surface area contributed by atoms with Crippen LogP contribution in [0.25, 0.3) is 0 Å². The molecule has 4 atom stereocenters. The fourth-order valence-corrected chi connectivity index (χ4v) is 4.23. The van der Waals surface area contributed by atoms with Crippen LogP contribution in [0.15, 0.2) is 23.0 Å². The monoisotopic (exact) mass is 276 g/mol. The molecule has 0 aromatic rings. The summed E-state index contributed by atoms with van der Waals surface area (Å²) >= 11 is 0. The average Bonchev–Trinajstić information content (AvgIpc) is 2.92. The highest BCUT2D eigenvalue weighted by Gasteiger charge is 2.70. The quantitative estimate of drug-likeness (QED) is 0.273. The van der Waals surface area contributed by atoms with Crippen molar-refractivity contribution in [2.75, 3.05) is 0 Å². The molecule has 2 aliphatic carbocycles. The van der Waals surface area contributed by atoms with Gasteiger partial charge in [0.15, 0.2) is 5.78 Å². The molecule has 0 amide bonds. The van der Waals surface area contributed by atoms with Crippen molar-refractivity contribution in [3.63, 3.8) is 0 Å². The molecule has 106 valence electrons. The third-order valence-electron chi connectivity index (χ3n) is 5.21. The number of cyclic esters (lactones) is 2. The molecule has 1 heterocycles. The van der Waals surface area contributed by atoms with E-state index in [2.05, 4.69) is 0 Å². The van der Waals surface area contributed by atoms with Crippen molar-refractivity contribution < 1.29 is 24.2 Å². The maximum atomic E-state index is 12.0. The molecular weight excluding hydrogens is 260 g/mol. The van der Waals surface area contributed by atoms with Gasteiger partial charge in [0.2, 0.25) is 0 Å². The topological polar surface area (TPSA) is 80.7 Å². The summed E-state index contributed by atoms with van der Waals surface area (Å²) in [5, 5.41) is 10.4. The Morgan fingerprint density at radius 3 is 2.60 bits per heavy atom. The standard InChI is InChI=1S/C15H16O5/c1-6(16)4-10(17)15-5-9(7(2)8(15)3)11-12(15)14(19)20-13(11)18/h4,9,11-12,17H,5H2,1-3H3/b10-4-. The van der Waals surface area contributed by atoms with Gasteiger partial charge in [-0.25, -0.2) is 0 Å². The van der Waals surface area contributed by atoms with E-state index in [9.17, 15) is 19.5 Å². The summed E-state index contributed by atoms with van der Waals surface area (Å²) in [7, 11) is 0. The number of esters is 2. The molecule has 20 heavy (non-hydrogen) atoms. The maximum Gasteiger partial charge on any atom is 0.318 e. The molecule has 1 N–H and O–H groups in total. The Balaban J connectivity index is 2.20. The van der Waals surface area contributed by atoms with Crippen molar-refractivity contribution in [3.05, 3.63) is 23.0 Å². The van der Waals surface area contributed by atoms with E-state index in [0.29, 0.717) is 6.42 Å². The summed E-state index contributed by atoms with van der Waals surface area (Å²) in [5.41, 5.74) is 0.959. The van der Waals surface area contributed by atoms with E-state index in [1.165, 1.54) is 6.92 Å². The smallest absolute Gasteiger partial charge is 0.318 e. The van der Waals surface area contributed by atoms with Crippen LogP contribution < -0.4 is 0 Å². The second kappa shape index (κ2) is 3.81.